The number of carbonyl (C=O) groups is 1. The highest BCUT2D eigenvalue weighted by Crippen LogP contribution is 2.20. The molecule has 0 aliphatic rings. The molecule has 0 aliphatic heterocycles. The van der Waals surface area contributed by atoms with Crippen LogP contribution in [0.1, 0.15) is 27.0 Å². The lowest BCUT2D eigenvalue weighted by atomic mass is 10.00. The molecule has 0 saturated carbocycles. The molecule has 92 valence electrons. The van der Waals surface area contributed by atoms with Crippen LogP contribution < -0.4 is 5.73 Å². The van der Waals surface area contributed by atoms with E-state index in [0.717, 1.165) is 11.1 Å². The summed E-state index contributed by atoms with van der Waals surface area (Å²) in [5, 5.41) is 0.575. The van der Waals surface area contributed by atoms with Gasteiger partial charge in [-0.1, -0.05) is 11.6 Å². The number of nitrogens with two attached hydrogens (primary N) is 1. The number of hydrogen-bond donors (Lipinski definition) is 1. The minimum absolute atomic E-state index is 0.0382. The Balaban J connectivity index is 2.44. The van der Waals surface area contributed by atoms with Crippen LogP contribution in [0.3, 0.4) is 0 Å². The second-order valence-corrected chi connectivity index (χ2v) is 4.85. The third-order valence-corrected chi connectivity index (χ3v) is 3.05. The first-order valence-electron chi connectivity index (χ1n) is 5.65. The van der Waals surface area contributed by atoms with Gasteiger partial charge in [-0.3, -0.25) is 4.79 Å². The van der Waals surface area contributed by atoms with E-state index in [9.17, 15) is 4.79 Å². The van der Waals surface area contributed by atoms with E-state index < -0.39 is 0 Å². The average molecular weight is 260 g/mol. The van der Waals surface area contributed by atoms with E-state index in [4.69, 9.17) is 17.3 Å². The monoisotopic (exact) mass is 259 g/mol. The second-order valence-electron chi connectivity index (χ2n) is 4.42. The fourth-order valence-corrected chi connectivity index (χ4v) is 2.14. The molecule has 0 radical (unpaired) electrons. The molecule has 0 heterocycles. The number of hydrogen-bond acceptors (Lipinski definition) is 2. The number of aryl methyl sites for hydroxylation is 2. The number of carbonyl (C=O) groups excluding carboxylic acids is 1. The number of halogens is 1. The zero-order chi connectivity index (χ0) is 13.3. The van der Waals surface area contributed by atoms with Gasteiger partial charge in [0, 0.05) is 21.8 Å². The Morgan fingerprint density at radius 1 is 1.06 bits per heavy atom. The third kappa shape index (κ3) is 2.54. The van der Waals surface area contributed by atoms with Crippen molar-refractivity contribution in [1.29, 1.82) is 0 Å². The summed E-state index contributed by atoms with van der Waals surface area (Å²) in [5.41, 5.74) is 9.53. The average Bonchev–Trinajstić information content (AvgIpc) is 2.30. The Hall–Kier alpha value is -1.80. The van der Waals surface area contributed by atoms with Crippen molar-refractivity contribution in [2.24, 2.45) is 0 Å². The van der Waals surface area contributed by atoms with E-state index in [-0.39, 0.29) is 5.78 Å². The van der Waals surface area contributed by atoms with Gasteiger partial charge >= 0.3 is 0 Å². The van der Waals surface area contributed by atoms with Gasteiger partial charge in [0.25, 0.3) is 0 Å². The Kier molecular flexibility index (Phi) is 3.39. The van der Waals surface area contributed by atoms with Crippen molar-refractivity contribution in [2.45, 2.75) is 13.8 Å². The first-order valence-corrected chi connectivity index (χ1v) is 6.03. The number of benzene rings is 2. The largest absolute Gasteiger partial charge is 0.399 e. The highest BCUT2D eigenvalue weighted by atomic mass is 35.5. The van der Waals surface area contributed by atoms with Gasteiger partial charge < -0.3 is 5.73 Å². The number of ketones is 1. The van der Waals surface area contributed by atoms with Crippen LogP contribution in [0.15, 0.2) is 36.4 Å². The maximum atomic E-state index is 12.3. The molecule has 0 atom stereocenters. The summed E-state index contributed by atoms with van der Waals surface area (Å²) < 4.78 is 0. The maximum absolute atomic E-state index is 12.3. The SMILES string of the molecule is Cc1cc(Cl)cc(C(=O)c2ccc(N)c(C)c2)c1. The van der Waals surface area contributed by atoms with Crippen molar-refractivity contribution in [2.75, 3.05) is 5.73 Å². The first-order chi connectivity index (χ1) is 8.47. The quantitative estimate of drug-likeness (QED) is 0.659. The molecule has 3 heteroatoms. The van der Waals surface area contributed by atoms with E-state index in [0.29, 0.717) is 21.8 Å². The van der Waals surface area contributed by atoms with Crippen LogP contribution in [0.4, 0.5) is 5.69 Å². The molecule has 2 nitrogen and oxygen atoms in total. The summed E-state index contributed by atoms with van der Waals surface area (Å²) in [7, 11) is 0. The van der Waals surface area contributed by atoms with Gasteiger partial charge in [0.15, 0.2) is 5.78 Å². The normalized spacial score (nSPS) is 10.4. The molecule has 0 amide bonds. The van der Waals surface area contributed by atoms with E-state index in [1.165, 1.54) is 0 Å². The molecule has 0 fully saturated rings. The van der Waals surface area contributed by atoms with Crippen LogP contribution in [0.2, 0.25) is 5.02 Å². The van der Waals surface area contributed by atoms with Gasteiger partial charge in [-0.15, -0.1) is 0 Å². The Labute approximate surface area is 111 Å². The maximum Gasteiger partial charge on any atom is 0.193 e. The molecule has 0 spiro atoms. The van der Waals surface area contributed by atoms with Gasteiger partial charge in [0.2, 0.25) is 0 Å². The van der Waals surface area contributed by atoms with Crippen molar-refractivity contribution in [3.05, 3.63) is 63.7 Å². The molecule has 2 aromatic carbocycles. The molecule has 2 aromatic rings. The van der Waals surface area contributed by atoms with Crippen molar-refractivity contribution in [3.8, 4) is 0 Å². The van der Waals surface area contributed by atoms with Crippen molar-refractivity contribution in [3.63, 3.8) is 0 Å². The minimum atomic E-state index is -0.0382. The molecule has 0 bridgehead atoms. The van der Waals surface area contributed by atoms with Crippen molar-refractivity contribution >= 4 is 23.1 Å². The van der Waals surface area contributed by atoms with Crippen LogP contribution in [0.5, 0.6) is 0 Å². The number of nitrogen functional groups attached to an aromatic ring is 1. The van der Waals surface area contributed by atoms with Gasteiger partial charge in [0.05, 0.1) is 0 Å². The van der Waals surface area contributed by atoms with Crippen LogP contribution in [-0.2, 0) is 0 Å². The highest BCUT2D eigenvalue weighted by molar-refractivity contribution is 6.31. The van der Waals surface area contributed by atoms with Gasteiger partial charge in [-0.25, -0.2) is 0 Å². The second kappa shape index (κ2) is 4.83. The van der Waals surface area contributed by atoms with Crippen LogP contribution in [0, 0.1) is 13.8 Å². The summed E-state index contributed by atoms with van der Waals surface area (Å²) in [5.74, 6) is -0.0382. The molecule has 0 aromatic heterocycles. The standard InChI is InChI=1S/C15H14ClNO/c1-9-5-12(8-13(16)6-9)15(18)11-3-4-14(17)10(2)7-11/h3-8H,17H2,1-2H3. The van der Waals surface area contributed by atoms with Crippen LogP contribution in [-0.4, -0.2) is 5.78 Å². The number of anilines is 1. The van der Waals surface area contributed by atoms with E-state index in [1.54, 1.807) is 24.3 Å². The van der Waals surface area contributed by atoms with Gasteiger partial charge in [-0.2, -0.15) is 0 Å². The predicted octanol–water partition coefficient (Wildman–Crippen LogP) is 3.77. The van der Waals surface area contributed by atoms with E-state index in [2.05, 4.69) is 0 Å². The fraction of sp³-hybridized carbons (Fsp3) is 0.133. The van der Waals surface area contributed by atoms with E-state index >= 15 is 0 Å². The number of rotatable bonds is 2. The molecule has 2 rings (SSSR count). The van der Waals surface area contributed by atoms with E-state index in [1.807, 2.05) is 26.0 Å². The lowest BCUT2D eigenvalue weighted by Crippen LogP contribution is -2.03. The molecular formula is C15H14ClNO. The van der Waals surface area contributed by atoms with Crippen LogP contribution in [0.25, 0.3) is 0 Å². The zero-order valence-electron chi connectivity index (χ0n) is 10.3. The Morgan fingerprint density at radius 3 is 2.39 bits per heavy atom. The van der Waals surface area contributed by atoms with Crippen molar-refractivity contribution < 1.29 is 4.79 Å². The molecular weight excluding hydrogens is 246 g/mol. The van der Waals surface area contributed by atoms with Crippen LogP contribution >= 0.6 is 11.6 Å². The third-order valence-electron chi connectivity index (χ3n) is 2.84. The topological polar surface area (TPSA) is 43.1 Å². The van der Waals surface area contributed by atoms with Gasteiger partial charge in [-0.05, 0) is 61.4 Å². The summed E-state index contributed by atoms with van der Waals surface area (Å²) in [6, 6.07) is 10.6. The predicted molar refractivity (Wildman–Crippen MR) is 75.2 cm³/mol. The lowest BCUT2D eigenvalue weighted by Gasteiger charge is -2.06. The zero-order valence-corrected chi connectivity index (χ0v) is 11.1. The van der Waals surface area contributed by atoms with Gasteiger partial charge in [0.1, 0.15) is 0 Å². The Bertz CT molecular complexity index is 600. The molecule has 0 unspecified atom stereocenters. The minimum Gasteiger partial charge on any atom is -0.399 e. The summed E-state index contributed by atoms with van der Waals surface area (Å²) >= 11 is 5.97. The fourth-order valence-electron chi connectivity index (χ4n) is 1.85. The molecule has 0 saturated heterocycles. The summed E-state index contributed by atoms with van der Waals surface area (Å²) in [6.07, 6.45) is 0. The smallest absolute Gasteiger partial charge is 0.193 e. The summed E-state index contributed by atoms with van der Waals surface area (Å²) in [4.78, 5) is 12.3. The molecule has 2 N–H and O–H groups in total. The van der Waals surface area contributed by atoms with Crippen molar-refractivity contribution in [1.82, 2.24) is 0 Å². The molecule has 18 heavy (non-hydrogen) atoms. The lowest BCUT2D eigenvalue weighted by molar-refractivity contribution is 0.103. The summed E-state index contributed by atoms with van der Waals surface area (Å²) in [6.45, 7) is 3.80. The first kappa shape index (κ1) is 12.7. The molecule has 0 aliphatic carbocycles. The highest BCUT2D eigenvalue weighted by Gasteiger charge is 2.11. The Morgan fingerprint density at radius 2 is 1.78 bits per heavy atom.